The highest BCUT2D eigenvalue weighted by atomic mass is 35.5. The Labute approximate surface area is 112 Å². The van der Waals surface area contributed by atoms with Gasteiger partial charge in [-0.05, 0) is 31.4 Å². The Kier molecular flexibility index (Phi) is 4.21. The van der Waals surface area contributed by atoms with Crippen molar-refractivity contribution in [2.45, 2.75) is 36.3 Å². The molecule has 1 heterocycles. The summed E-state index contributed by atoms with van der Waals surface area (Å²) in [4.78, 5) is 3.89. The number of hydrogen-bond acceptors (Lipinski definition) is 4. The summed E-state index contributed by atoms with van der Waals surface area (Å²) in [5.74, 6) is 0. The van der Waals surface area contributed by atoms with Crippen LogP contribution in [0.15, 0.2) is 23.2 Å². The van der Waals surface area contributed by atoms with E-state index in [0.717, 1.165) is 19.3 Å². The number of nitrogens with one attached hydrogen (secondary N) is 1. The lowest BCUT2D eigenvalue weighted by Crippen LogP contribution is -2.40. The molecule has 7 heteroatoms. The number of ether oxygens (including phenoxy) is 1. The van der Waals surface area contributed by atoms with Gasteiger partial charge in [-0.25, -0.2) is 18.1 Å². The van der Waals surface area contributed by atoms with Crippen molar-refractivity contribution < 1.29 is 13.2 Å². The molecule has 18 heavy (non-hydrogen) atoms. The fraction of sp³-hybridized carbons (Fsp3) is 0.545. The van der Waals surface area contributed by atoms with Gasteiger partial charge in [0.05, 0.1) is 11.0 Å². The zero-order valence-corrected chi connectivity index (χ0v) is 11.5. The highest BCUT2D eigenvalue weighted by molar-refractivity contribution is 7.89. The summed E-state index contributed by atoms with van der Waals surface area (Å²) in [5.41, 5.74) is 0. The molecule has 0 aromatic carbocycles. The van der Waals surface area contributed by atoms with Gasteiger partial charge in [-0.15, -0.1) is 0 Å². The minimum atomic E-state index is -3.56. The van der Waals surface area contributed by atoms with Crippen LogP contribution in [-0.4, -0.2) is 32.7 Å². The molecule has 0 radical (unpaired) electrons. The minimum Gasteiger partial charge on any atom is -0.380 e. The number of rotatable bonds is 4. The van der Waals surface area contributed by atoms with E-state index in [9.17, 15) is 8.42 Å². The summed E-state index contributed by atoms with van der Waals surface area (Å²) >= 11 is 5.70. The van der Waals surface area contributed by atoms with E-state index in [1.165, 1.54) is 18.3 Å². The smallest absolute Gasteiger partial charge is 0.241 e. The molecular formula is C11H15ClN2O3S. The Balaban J connectivity index is 2.17. The van der Waals surface area contributed by atoms with Gasteiger partial charge in [0, 0.05) is 19.3 Å². The van der Waals surface area contributed by atoms with Crippen LogP contribution in [0, 0.1) is 0 Å². The molecule has 1 aromatic rings. The van der Waals surface area contributed by atoms with Gasteiger partial charge in [-0.2, -0.15) is 0 Å². The van der Waals surface area contributed by atoms with E-state index in [4.69, 9.17) is 16.3 Å². The number of sulfonamides is 1. The maximum atomic E-state index is 12.1. The number of methoxy groups -OCH3 is 1. The van der Waals surface area contributed by atoms with Gasteiger partial charge in [0.15, 0.2) is 0 Å². The Morgan fingerprint density at radius 2 is 2.28 bits per heavy atom. The Hall–Kier alpha value is -0.690. The predicted molar refractivity (Wildman–Crippen MR) is 68.0 cm³/mol. The number of halogens is 1. The van der Waals surface area contributed by atoms with Gasteiger partial charge in [0.2, 0.25) is 10.0 Å². The van der Waals surface area contributed by atoms with Crippen molar-refractivity contribution in [1.82, 2.24) is 9.71 Å². The van der Waals surface area contributed by atoms with E-state index in [1.54, 1.807) is 7.11 Å². The molecule has 1 aliphatic carbocycles. The van der Waals surface area contributed by atoms with Crippen molar-refractivity contribution in [2.24, 2.45) is 0 Å². The lowest BCUT2D eigenvalue weighted by molar-refractivity contribution is 0.0916. The standard InChI is InChI=1S/C11H15ClN2O3S/c1-17-10-4-2-3-9(10)14-18(15,16)8-5-6-13-11(12)7-8/h5-7,9-10,14H,2-4H2,1H3. The van der Waals surface area contributed by atoms with Crippen LogP contribution < -0.4 is 4.72 Å². The molecule has 1 aliphatic rings. The zero-order valence-electron chi connectivity index (χ0n) is 9.97. The van der Waals surface area contributed by atoms with Crippen LogP contribution in [0.1, 0.15) is 19.3 Å². The third-order valence-electron chi connectivity index (χ3n) is 3.07. The summed E-state index contributed by atoms with van der Waals surface area (Å²) in [7, 11) is -1.97. The Morgan fingerprint density at radius 3 is 2.94 bits per heavy atom. The second-order valence-corrected chi connectivity index (χ2v) is 6.35. The number of hydrogen-bond donors (Lipinski definition) is 1. The summed E-state index contributed by atoms with van der Waals surface area (Å²) < 4.78 is 32.2. The summed E-state index contributed by atoms with van der Waals surface area (Å²) in [6.07, 6.45) is 3.94. The van der Waals surface area contributed by atoms with Gasteiger partial charge in [-0.3, -0.25) is 0 Å². The largest absolute Gasteiger partial charge is 0.380 e. The number of pyridine rings is 1. The molecule has 100 valence electrons. The normalized spacial score (nSPS) is 24.3. The van der Waals surface area contributed by atoms with Gasteiger partial charge < -0.3 is 4.74 Å². The summed E-state index contributed by atoms with van der Waals surface area (Å²) in [5, 5.41) is 0.160. The molecule has 2 rings (SSSR count). The Morgan fingerprint density at radius 1 is 1.50 bits per heavy atom. The van der Waals surface area contributed by atoms with Crippen LogP contribution in [0.2, 0.25) is 5.15 Å². The van der Waals surface area contributed by atoms with Crippen LogP contribution in [0.4, 0.5) is 0 Å². The molecule has 1 aromatic heterocycles. The van der Waals surface area contributed by atoms with Crippen molar-refractivity contribution in [1.29, 1.82) is 0 Å². The van der Waals surface area contributed by atoms with E-state index < -0.39 is 10.0 Å². The van der Waals surface area contributed by atoms with Crippen molar-refractivity contribution in [3.63, 3.8) is 0 Å². The van der Waals surface area contributed by atoms with Gasteiger partial charge in [0.25, 0.3) is 0 Å². The topological polar surface area (TPSA) is 68.3 Å². The minimum absolute atomic E-state index is 0.0583. The third-order valence-corrected chi connectivity index (χ3v) is 4.76. The fourth-order valence-corrected chi connectivity index (χ4v) is 3.71. The molecule has 0 saturated heterocycles. The zero-order chi connectivity index (χ0) is 13.2. The molecule has 0 aliphatic heterocycles. The van der Waals surface area contributed by atoms with Crippen molar-refractivity contribution in [2.75, 3.05) is 7.11 Å². The highest BCUT2D eigenvalue weighted by Crippen LogP contribution is 2.23. The molecule has 2 unspecified atom stereocenters. The monoisotopic (exact) mass is 290 g/mol. The van der Waals surface area contributed by atoms with Gasteiger partial charge in [0.1, 0.15) is 5.15 Å². The van der Waals surface area contributed by atoms with E-state index in [1.807, 2.05) is 0 Å². The molecule has 5 nitrogen and oxygen atoms in total. The first-order chi connectivity index (χ1) is 8.53. The average molecular weight is 291 g/mol. The van der Waals surface area contributed by atoms with Gasteiger partial charge >= 0.3 is 0 Å². The Bertz CT molecular complexity index is 521. The van der Waals surface area contributed by atoms with E-state index in [2.05, 4.69) is 9.71 Å². The number of nitrogens with zero attached hydrogens (tertiary/aromatic N) is 1. The first-order valence-corrected chi connectivity index (χ1v) is 7.56. The second-order valence-electron chi connectivity index (χ2n) is 4.25. The van der Waals surface area contributed by atoms with Crippen LogP contribution >= 0.6 is 11.6 Å². The number of aromatic nitrogens is 1. The van der Waals surface area contributed by atoms with E-state index >= 15 is 0 Å². The second kappa shape index (κ2) is 5.52. The molecule has 1 fully saturated rings. The van der Waals surface area contributed by atoms with Crippen molar-refractivity contribution >= 4 is 21.6 Å². The molecular weight excluding hydrogens is 276 g/mol. The van der Waals surface area contributed by atoms with Crippen LogP contribution in [0.3, 0.4) is 0 Å². The quantitative estimate of drug-likeness (QED) is 0.855. The van der Waals surface area contributed by atoms with Crippen LogP contribution in [-0.2, 0) is 14.8 Å². The molecule has 1 N–H and O–H groups in total. The van der Waals surface area contributed by atoms with Crippen molar-refractivity contribution in [3.05, 3.63) is 23.5 Å². The first-order valence-electron chi connectivity index (χ1n) is 5.69. The fourth-order valence-electron chi connectivity index (χ4n) is 2.16. The lowest BCUT2D eigenvalue weighted by atomic mass is 10.2. The SMILES string of the molecule is COC1CCCC1NS(=O)(=O)c1ccnc(Cl)c1. The molecule has 0 amide bonds. The molecule has 2 atom stereocenters. The first kappa shape index (κ1) is 13.7. The van der Waals surface area contributed by atoms with E-state index in [0.29, 0.717) is 0 Å². The maximum absolute atomic E-state index is 12.1. The van der Waals surface area contributed by atoms with Crippen LogP contribution in [0.25, 0.3) is 0 Å². The highest BCUT2D eigenvalue weighted by Gasteiger charge is 2.31. The van der Waals surface area contributed by atoms with Crippen LogP contribution in [0.5, 0.6) is 0 Å². The molecule has 1 saturated carbocycles. The lowest BCUT2D eigenvalue weighted by Gasteiger charge is -2.19. The predicted octanol–water partition coefficient (Wildman–Crippen LogP) is 1.58. The van der Waals surface area contributed by atoms with Gasteiger partial charge in [-0.1, -0.05) is 11.6 Å². The van der Waals surface area contributed by atoms with Crippen molar-refractivity contribution in [3.8, 4) is 0 Å². The van der Waals surface area contributed by atoms with E-state index in [-0.39, 0.29) is 22.2 Å². The summed E-state index contributed by atoms with van der Waals surface area (Å²) in [6, 6.07) is 2.58. The maximum Gasteiger partial charge on any atom is 0.241 e. The molecule has 0 spiro atoms. The summed E-state index contributed by atoms with van der Waals surface area (Å²) in [6.45, 7) is 0. The molecule has 0 bridgehead atoms. The average Bonchev–Trinajstić information content (AvgIpc) is 2.75. The third kappa shape index (κ3) is 3.00.